The van der Waals surface area contributed by atoms with Crippen LogP contribution < -0.4 is 0 Å². The molecule has 2 aliphatic carbocycles. The maximum Gasteiger partial charge on any atom is 0.311 e. The van der Waals surface area contributed by atoms with Gasteiger partial charge < -0.3 is 4.74 Å². The number of ether oxygens (including phenoxy) is 1. The number of carbonyl (C=O) groups is 1. The predicted molar refractivity (Wildman–Crippen MR) is 161 cm³/mol. The van der Waals surface area contributed by atoms with Crippen LogP contribution in [0.5, 0.6) is 0 Å². The van der Waals surface area contributed by atoms with E-state index in [0.29, 0.717) is 5.92 Å². The third kappa shape index (κ3) is 7.30. The van der Waals surface area contributed by atoms with Crippen LogP contribution in [0.4, 0.5) is 0 Å². The normalized spacial score (nSPS) is 25.7. The summed E-state index contributed by atoms with van der Waals surface area (Å²) in [7, 11) is 1.57. The van der Waals surface area contributed by atoms with Gasteiger partial charge in [0, 0.05) is 0 Å². The molecule has 0 saturated heterocycles. The van der Waals surface area contributed by atoms with Gasteiger partial charge >= 0.3 is 5.97 Å². The first-order valence-electron chi connectivity index (χ1n) is 15.9. The van der Waals surface area contributed by atoms with Crippen molar-refractivity contribution in [3.63, 3.8) is 0 Å². The van der Waals surface area contributed by atoms with Gasteiger partial charge in [0.25, 0.3) is 0 Å². The highest BCUT2D eigenvalue weighted by atomic mass is 16.5. The lowest BCUT2D eigenvalue weighted by Gasteiger charge is -2.38. The summed E-state index contributed by atoms with van der Waals surface area (Å²) in [5, 5.41) is 0. The van der Waals surface area contributed by atoms with Crippen molar-refractivity contribution < 1.29 is 9.53 Å². The average Bonchev–Trinajstić information content (AvgIpc) is 2.98. The predicted octanol–water partition coefficient (Wildman–Crippen LogP) is 10.6. The van der Waals surface area contributed by atoms with Crippen molar-refractivity contribution in [1.82, 2.24) is 0 Å². The Morgan fingerprint density at radius 1 is 0.711 bits per heavy atom. The zero-order chi connectivity index (χ0) is 26.8. The van der Waals surface area contributed by atoms with E-state index in [2.05, 4.69) is 62.4 Å². The summed E-state index contributed by atoms with van der Waals surface area (Å²) < 4.78 is 5.30. The molecule has 2 aromatic rings. The highest BCUT2D eigenvalue weighted by Crippen LogP contribution is 2.47. The van der Waals surface area contributed by atoms with Gasteiger partial charge in [-0.25, -0.2) is 0 Å². The Bertz CT molecular complexity index is 957. The van der Waals surface area contributed by atoms with Crippen molar-refractivity contribution >= 4 is 5.97 Å². The number of benzene rings is 2. The Labute approximate surface area is 233 Å². The topological polar surface area (TPSA) is 26.3 Å². The van der Waals surface area contributed by atoms with E-state index >= 15 is 0 Å². The first-order valence-corrected chi connectivity index (χ1v) is 15.9. The van der Waals surface area contributed by atoms with E-state index in [-0.39, 0.29) is 11.4 Å². The molecule has 0 N–H and O–H groups in total. The van der Waals surface area contributed by atoms with E-state index in [1.165, 1.54) is 86.5 Å². The van der Waals surface area contributed by atoms with Gasteiger partial charge in [0.2, 0.25) is 0 Å². The molecule has 0 aliphatic heterocycles. The monoisotopic (exact) mass is 516 g/mol. The zero-order valence-electron chi connectivity index (χ0n) is 24.5. The number of esters is 1. The fraction of sp³-hybridized carbons (Fsp3) is 0.639. The van der Waals surface area contributed by atoms with Crippen molar-refractivity contribution in [2.45, 2.75) is 128 Å². The molecule has 2 heteroatoms. The second kappa shape index (κ2) is 14.3. The largest absolute Gasteiger partial charge is 0.469 e. The summed E-state index contributed by atoms with van der Waals surface area (Å²) in [4.78, 5) is 12.8. The molecule has 2 aromatic carbocycles. The van der Waals surface area contributed by atoms with Gasteiger partial charge in [-0.2, -0.15) is 0 Å². The molecule has 2 aliphatic rings. The van der Waals surface area contributed by atoms with E-state index in [4.69, 9.17) is 4.74 Å². The summed E-state index contributed by atoms with van der Waals surface area (Å²) in [5.74, 6) is 2.29. The molecule has 2 fully saturated rings. The SMILES string of the molecule is CCCCCCCC1(C(=O)OC)CCC(c2ccc(-c3ccc(C4CCC(CCC)CC4)cc3)cc2)CC1. The molecule has 0 heterocycles. The Morgan fingerprint density at radius 2 is 1.24 bits per heavy atom. The number of rotatable bonds is 12. The molecule has 2 saturated carbocycles. The van der Waals surface area contributed by atoms with Crippen LogP contribution in [-0.4, -0.2) is 13.1 Å². The van der Waals surface area contributed by atoms with Gasteiger partial charge in [0.1, 0.15) is 0 Å². The van der Waals surface area contributed by atoms with Crippen LogP contribution in [0.1, 0.15) is 140 Å². The second-order valence-corrected chi connectivity index (χ2v) is 12.5. The van der Waals surface area contributed by atoms with Gasteiger partial charge in [-0.3, -0.25) is 4.79 Å². The molecule has 0 bridgehead atoms. The van der Waals surface area contributed by atoms with Gasteiger partial charge in [-0.15, -0.1) is 0 Å². The fourth-order valence-electron chi connectivity index (χ4n) is 7.43. The van der Waals surface area contributed by atoms with Gasteiger partial charge in [0.05, 0.1) is 12.5 Å². The first kappa shape index (κ1) is 28.9. The summed E-state index contributed by atoms with van der Waals surface area (Å²) in [6.45, 7) is 4.57. The Morgan fingerprint density at radius 3 is 1.74 bits per heavy atom. The van der Waals surface area contributed by atoms with Crippen molar-refractivity contribution in [3.05, 3.63) is 59.7 Å². The molecule has 0 atom stereocenters. The minimum Gasteiger partial charge on any atom is -0.469 e. The summed E-state index contributed by atoms with van der Waals surface area (Å²) in [6.07, 6.45) is 19.6. The van der Waals surface area contributed by atoms with Crippen molar-refractivity contribution in [1.29, 1.82) is 0 Å². The van der Waals surface area contributed by atoms with Gasteiger partial charge in [0.15, 0.2) is 0 Å². The minimum atomic E-state index is -0.256. The molecule has 0 unspecified atom stereocenters. The molecule has 2 nitrogen and oxygen atoms in total. The Balaban J connectivity index is 1.31. The lowest BCUT2D eigenvalue weighted by atomic mass is 9.66. The van der Waals surface area contributed by atoms with Crippen LogP contribution in [-0.2, 0) is 9.53 Å². The van der Waals surface area contributed by atoms with Crippen LogP contribution >= 0.6 is 0 Å². The van der Waals surface area contributed by atoms with Crippen molar-refractivity contribution in [3.8, 4) is 11.1 Å². The van der Waals surface area contributed by atoms with E-state index in [1.807, 2.05) is 0 Å². The lowest BCUT2D eigenvalue weighted by molar-refractivity contribution is -0.155. The number of methoxy groups -OCH3 is 1. The molecule has 4 rings (SSSR count). The maximum absolute atomic E-state index is 12.8. The van der Waals surface area contributed by atoms with E-state index in [9.17, 15) is 4.79 Å². The molecule has 0 amide bonds. The standard InChI is InChI=1S/C36H52O2/c1-4-6-7-8-9-25-36(35(37)38-3)26-23-34(24-27-36)33-21-19-32(20-22-33)31-17-15-30(16-18-31)29-13-11-28(10-5-2)12-14-29/h15-22,28-29,34H,4-14,23-27H2,1-3H3. The van der Waals surface area contributed by atoms with Crippen molar-refractivity contribution in [2.75, 3.05) is 7.11 Å². The molecule has 0 aromatic heterocycles. The highest BCUT2D eigenvalue weighted by Gasteiger charge is 2.42. The summed E-state index contributed by atoms with van der Waals surface area (Å²) in [6, 6.07) is 18.7. The van der Waals surface area contributed by atoms with E-state index in [0.717, 1.165) is 50.4 Å². The second-order valence-electron chi connectivity index (χ2n) is 12.5. The van der Waals surface area contributed by atoms with Gasteiger partial charge in [-0.05, 0) is 97.8 Å². The first-order chi connectivity index (χ1) is 18.6. The lowest BCUT2D eigenvalue weighted by Crippen LogP contribution is -2.36. The van der Waals surface area contributed by atoms with Crippen LogP contribution in [0.2, 0.25) is 0 Å². The highest BCUT2D eigenvalue weighted by molar-refractivity contribution is 5.77. The number of hydrogen-bond donors (Lipinski definition) is 0. The summed E-state index contributed by atoms with van der Waals surface area (Å²) >= 11 is 0. The van der Waals surface area contributed by atoms with Crippen LogP contribution in [0.15, 0.2) is 48.5 Å². The fourth-order valence-corrected chi connectivity index (χ4v) is 7.43. The molecule has 38 heavy (non-hydrogen) atoms. The smallest absolute Gasteiger partial charge is 0.311 e. The molecule has 0 radical (unpaired) electrons. The number of carbonyl (C=O) groups excluding carboxylic acids is 1. The third-order valence-electron chi connectivity index (χ3n) is 9.96. The van der Waals surface area contributed by atoms with E-state index < -0.39 is 0 Å². The molecule has 0 spiro atoms. The summed E-state index contributed by atoms with van der Waals surface area (Å²) in [5.41, 5.74) is 5.32. The molecule has 208 valence electrons. The number of unbranched alkanes of at least 4 members (excludes halogenated alkanes) is 4. The Hall–Kier alpha value is -2.09. The molecular weight excluding hydrogens is 464 g/mol. The van der Waals surface area contributed by atoms with Crippen LogP contribution in [0.25, 0.3) is 11.1 Å². The maximum atomic E-state index is 12.8. The van der Waals surface area contributed by atoms with Crippen LogP contribution in [0.3, 0.4) is 0 Å². The van der Waals surface area contributed by atoms with Gasteiger partial charge in [-0.1, -0.05) is 107 Å². The van der Waals surface area contributed by atoms with Crippen molar-refractivity contribution in [2.24, 2.45) is 11.3 Å². The van der Waals surface area contributed by atoms with Crippen LogP contribution in [0, 0.1) is 11.3 Å². The van der Waals surface area contributed by atoms with E-state index in [1.54, 1.807) is 7.11 Å². The molecular formula is C36H52O2. The minimum absolute atomic E-state index is 0.0271. The third-order valence-corrected chi connectivity index (χ3v) is 9.96. The zero-order valence-corrected chi connectivity index (χ0v) is 24.5. The number of hydrogen-bond acceptors (Lipinski definition) is 2. The quantitative estimate of drug-likeness (QED) is 0.207. The Kier molecular flexibility index (Phi) is 10.9. The average molecular weight is 517 g/mol.